The summed E-state index contributed by atoms with van der Waals surface area (Å²) in [7, 11) is 2.09. The van der Waals surface area contributed by atoms with Gasteiger partial charge in [0.2, 0.25) is 0 Å². The Balaban J connectivity index is 2.15. The molecule has 0 aliphatic heterocycles. The first kappa shape index (κ1) is 10.7. The predicted molar refractivity (Wildman–Crippen MR) is 67.5 cm³/mol. The molecular formula is C14H16N2. The highest BCUT2D eigenvalue weighted by molar-refractivity contribution is 5.50. The van der Waals surface area contributed by atoms with Crippen molar-refractivity contribution >= 4 is 5.69 Å². The lowest BCUT2D eigenvalue weighted by molar-refractivity contribution is 0.911. The molecule has 1 aromatic heterocycles. The van der Waals surface area contributed by atoms with Crippen LogP contribution in [0.15, 0.2) is 48.8 Å². The Bertz CT molecular complexity index is 451. The summed E-state index contributed by atoms with van der Waals surface area (Å²) in [6, 6.07) is 12.5. The smallest absolute Gasteiger partial charge is 0.0582 e. The molecule has 0 aliphatic carbocycles. The maximum Gasteiger partial charge on any atom is 0.0582 e. The van der Waals surface area contributed by atoms with Crippen LogP contribution in [0.3, 0.4) is 0 Å². The summed E-state index contributed by atoms with van der Waals surface area (Å²) >= 11 is 0. The van der Waals surface area contributed by atoms with Gasteiger partial charge in [0.05, 0.1) is 11.9 Å². The second kappa shape index (κ2) is 4.79. The van der Waals surface area contributed by atoms with Crippen molar-refractivity contribution in [2.75, 3.05) is 11.9 Å². The number of hydrogen-bond donors (Lipinski definition) is 0. The first-order valence-corrected chi connectivity index (χ1v) is 5.43. The van der Waals surface area contributed by atoms with E-state index in [0.717, 1.165) is 6.54 Å². The third-order valence-corrected chi connectivity index (χ3v) is 2.69. The van der Waals surface area contributed by atoms with Crippen LogP contribution in [0.5, 0.6) is 0 Å². The van der Waals surface area contributed by atoms with E-state index in [-0.39, 0.29) is 0 Å². The van der Waals surface area contributed by atoms with Crippen LogP contribution >= 0.6 is 0 Å². The molecule has 0 bridgehead atoms. The molecule has 0 radical (unpaired) electrons. The Morgan fingerprint density at radius 1 is 1.12 bits per heavy atom. The summed E-state index contributed by atoms with van der Waals surface area (Å²) in [6.45, 7) is 3.02. The highest BCUT2D eigenvalue weighted by Gasteiger charge is 2.04. The number of nitrogens with zero attached hydrogens (tertiary/aromatic N) is 2. The summed E-state index contributed by atoms with van der Waals surface area (Å²) < 4.78 is 0. The van der Waals surface area contributed by atoms with Gasteiger partial charge < -0.3 is 4.90 Å². The van der Waals surface area contributed by atoms with Crippen LogP contribution < -0.4 is 4.90 Å². The van der Waals surface area contributed by atoms with Gasteiger partial charge in [-0.05, 0) is 24.1 Å². The van der Waals surface area contributed by atoms with E-state index in [0.29, 0.717) is 0 Å². The molecule has 1 heterocycles. The van der Waals surface area contributed by atoms with Gasteiger partial charge in [-0.15, -0.1) is 0 Å². The highest BCUT2D eigenvalue weighted by Crippen LogP contribution is 2.18. The molecule has 0 aliphatic rings. The first-order chi connectivity index (χ1) is 7.77. The maximum atomic E-state index is 4.17. The SMILES string of the molecule is Cc1ccncc1N(C)Cc1ccccc1. The van der Waals surface area contributed by atoms with Crippen LogP contribution in [0.4, 0.5) is 5.69 Å². The minimum absolute atomic E-state index is 0.910. The minimum atomic E-state index is 0.910. The molecule has 0 amide bonds. The highest BCUT2D eigenvalue weighted by atomic mass is 15.1. The monoisotopic (exact) mass is 212 g/mol. The zero-order valence-corrected chi connectivity index (χ0v) is 9.72. The minimum Gasteiger partial charge on any atom is -0.369 e. The van der Waals surface area contributed by atoms with Crippen molar-refractivity contribution < 1.29 is 0 Å². The summed E-state index contributed by atoms with van der Waals surface area (Å²) in [5.41, 5.74) is 3.76. The molecular weight excluding hydrogens is 196 g/mol. The van der Waals surface area contributed by atoms with E-state index in [4.69, 9.17) is 0 Å². The lowest BCUT2D eigenvalue weighted by Gasteiger charge is -2.20. The molecule has 2 heteroatoms. The van der Waals surface area contributed by atoms with E-state index < -0.39 is 0 Å². The van der Waals surface area contributed by atoms with Gasteiger partial charge in [-0.3, -0.25) is 4.98 Å². The molecule has 2 aromatic rings. The molecule has 16 heavy (non-hydrogen) atoms. The number of rotatable bonds is 3. The quantitative estimate of drug-likeness (QED) is 0.777. The molecule has 82 valence electrons. The number of aryl methyl sites for hydroxylation is 1. The van der Waals surface area contributed by atoms with Gasteiger partial charge in [0.25, 0.3) is 0 Å². The second-order valence-electron chi connectivity index (χ2n) is 4.00. The third kappa shape index (κ3) is 2.40. The van der Waals surface area contributed by atoms with Gasteiger partial charge >= 0.3 is 0 Å². The van der Waals surface area contributed by atoms with Crippen molar-refractivity contribution in [3.05, 3.63) is 59.9 Å². The van der Waals surface area contributed by atoms with Crippen LogP contribution in [-0.4, -0.2) is 12.0 Å². The number of aromatic nitrogens is 1. The molecule has 0 saturated carbocycles. The average molecular weight is 212 g/mol. The number of pyridine rings is 1. The van der Waals surface area contributed by atoms with E-state index in [9.17, 15) is 0 Å². The van der Waals surface area contributed by atoms with Gasteiger partial charge in [0.15, 0.2) is 0 Å². The molecule has 0 spiro atoms. The van der Waals surface area contributed by atoms with Gasteiger partial charge in [-0.1, -0.05) is 30.3 Å². The van der Waals surface area contributed by atoms with Crippen molar-refractivity contribution in [3.63, 3.8) is 0 Å². The summed E-state index contributed by atoms with van der Waals surface area (Å²) in [4.78, 5) is 6.39. The fraction of sp³-hybridized carbons (Fsp3) is 0.214. The Morgan fingerprint density at radius 2 is 1.88 bits per heavy atom. The topological polar surface area (TPSA) is 16.1 Å². The van der Waals surface area contributed by atoms with Crippen molar-refractivity contribution in [1.82, 2.24) is 4.98 Å². The van der Waals surface area contributed by atoms with Crippen molar-refractivity contribution in [1.29, 1.82) is 0 Å². The van der Waals surface area contributed by atoms with Crippen LogP contribution in [0.25, 0.3) is 0 Å². The van der Waals surface area contributed by atoms with E-state index >= 15 is 0 Å². The molecule has 0 fully saturated rings. The fourth-order valence-corrected chi connectivity index (χ4v) is 1.80. The largest absolute Gasteiger partial charge is 0.369 e. The molecule has 2 rings (SSSR count). The van der Waals surface area contributed by atoms with Crippen LogP contribution in [-0.2, 0) is 6.54 Å². The van der Waals surface area contributed by atoms with E-state index in [1.54, 1.807) is 0 Å². The second-order valence-corrected chi connectivity index (χ2v) is 4.00. The van der Waals surface area contributed by atoms with Crippen molar-refractivity contribution in [2.24, 2.45) is 0 Å². The Hall–Kier alpha value is -1.83. The van der Waals surface area contributed by atoms with Crippen LogP contribution in [0.1, 0.15) is 11.1 Å². The Labute approximate surface area is 96.6 Å². The summed E-state index contributed by atoms with van der Waals surface area (Å²) in [6.07, 6.45) is 3.74. The van der Waals surface area contributed by atoms with Gasteiger partial charge in [-0.25, -0.2) is 0 Å². The van der Waals surface area contributed by atoms with Crippen LogP contribution in [0, 0.1) is 6.92 Å². The normalized spacial score (nSPS) is 10.1. The lowest BCUT2D eigenvalue weighted by Crippen LogP contribution is -2.17. The van der Waals surface area contributed by atoms with Gasteiger partial charge in [0.1, 0.15) is 0 Å². The Morgan fingerprint density at radius 3 is 2.56 bits per heavy atom. The maximum absolute atomic E-state index is 4.17. The molecule has 0 unspecified atom stereocenters. The number of benzene rings is 1. The van der Waals surface area contributed by atoms with Crippen LogP contribution in [0.2, 0.25) is 0 Å². The summed E-state index contributed by atoms with van der Waals surface area (Å²) in [5.74, 6) is 0. The molecule has 0 N–H and O–H groups in total. The lowest BCUT2D eigenvalue weighted by atomic mass is 10.2. The van der Waals surface area contributed by atoms with Gasteiger partial charge in [0, 0.05) is 19.8 Å². The average Bonchev–Trinajstić information content (AvgIpc) is 2.31. The Kier molecular flexibility index (Phi) is 3.20. The predicted octanol–water partition coefficient (Wildman–Crippen LogP) is 3.03. The summed E-state index contributed by atoms with van der Waals surface area (Å²) in [5, 5.41) is 0. The fourth-order valence-electron chi connectivity index (χ4n) is 1.80. The van der Waals surface area contributed by atoms with E-state index in [1.807, 2.05) is 24.5 Å². The first-order valence-electron chi connectivity index (χ1n) is 5.43. The zero-order chi connectivity index (χ0) is 11.4. The van der Waals surface area contributed by atoms with Crippen molar-refractivity contribution in [3.8, 4) is 0 Å². The van der Waals surface area contributed by atoms with Crippen molar-refractivity contribution in [2.45, 2.75) is 13.5 Å². The van der Waals surface area contributed by atoms with E-state index in [2.05, 4.69) is 48.1 Å². The molecule has 2 nitrogen and oxygen atoms in total. The molecule has 1 aromatic carbocycles. The third-order valence-electron chi connectivity index (χ3n) is 2.69. The standard InChI is InChI=1S/C14H16N2/c1-12-8-9-15-10-14(12)16(2)11-13-6-4-3-5-7-13/h3-10H,11H2,1-2H3. The van der Waals surface area contributed by atoms with Gasteiger partial charge in [-0.2, -0.15) is 0 Å². The molecule has 0 atom stereocenters. The number of anilines is 1. The van der Waals surface area contributed by atoms with E-state index in [1.165, 1.54) is 16.8 Å². The molecule has 0 saturated heterocycles. The zero-order valence-electron chi connectivity index (χ0n) is 9.72. The number of hydrogen-bond acceptors (Lipinski definition) is 2.